The molecule has 200 valence electrons. The van der Waals surface area contributed by atoms with Gasteiger partial charge in [0, 0.05) is 35.1 Å². The molecule has 8 bridgehead atoms. The lowest BCUT2D eigenvalue weighted by atomic mass is 9.86. The molecule has 0 aromatic carbocycles. The predicted octanol–water partition coefficient (Wildman–Crippen LogP) is 5.20. The minimum Gasteiger partial charge on any atom is -0.371 e. The van der Waals surface area contributed by atoms with Crippen LogP contribution in [0.5, 0.6) is 0 Å². The fraction of sp³-hybridized carbons (Fsp3) is 0.333. The molecule has 7 rings (SSSR count). The third kappa shape index (κ3) is 2.98. The molecule has 40 heavy (non-hydrogen) atoms. The standard InChI is InChI=1S/C33H30N4O3/c1-7-18-14(3)21-11-23-16(5)20-9-10-27(38)33(40)29(30(20)36-23)31-28(32(33)39)17(6)24(37-31)13-26-19(8-2)15(4)22(35-26)12-25(18)34-21/h7,11-13,16,20,40H,1,8-10H2,2-6H3/t16-,20-,33-/m0/s1. The monoisotopic (exact) mass is 530 g/mol. The third-order valence-corrected chi connectivity index (χ3v) is 9.48. The maximum absolute atomic E-state index is 13.9. The van der Waals surface area contributed by atoms with Crippen molar-refractivity contribution in [2.24, 2.45) is 31.8 Å². The number of carbonyl (C=O) groups is 2. The van der Waals surface area contributed by atoms with Gasteiger partial charge in [-0.15, -0.1) is 0 Å². The molecule has 0 spiro atoms. The molecule has 1 fully saturated rings. The number of fused-ring (bicyclic) bond motifs is 3. The van der Waals surface area contributed by atoms with Crippen LogP contribution in [0.3, 0.4) is 0 Å². The topological polar surface area (TPSA) is 104 Å². The normalized spacial score (nSPS) is 30.6. The second-order valence-electron chi connectivity index (χ2n) is 11.4. The van der Waals surface area contributed by atoms with Crippen LogP contribution in [0.4, 0.5) is 0 Å². The summed E-state index contributed by atoms with van der Waals surface area (Å²) < 4.78 is 0. The summed E-state index contributed by atoms with van der Waals surface area (Å²) in [5.74, 6) is -1.22. The summed E-state index contributed by atoms with van der Waals surface area (Å²) in [4.78, 5) is 47.1. The van der Waals surface area contributed by atoms with E-state index in [9.17, 15) is 14.7 Å². The maximum Gasteiger partial charge on any atom is 0.215 e. The Morgan fingerprint density at radius 2 is 1.65 bits per heavy atom. The van der Waals surface area contributed by atoms with Gasteiger partial charge in [-0.05, 0) is 74.1 Å². The fourth-order valence-corrected chi connectivity index (χ4v) is 7.07. The van der Waals surface area contributed by atoms with E-state index < -0.39 is 17.2 Å². The van der Waals surface area contributed by atoms with Crippen LogP contribution < -0.4 is 0 Å². The number of allylic oxidation sites excluding steroid dienone is 10. The number of Topliss-reactive ketones (excluding diaryl/α,β-unsaturated/α-hetero) is 2. The molecule has 0 unspecified atom stereocenters. The Morgan fingerprint density at radius 3 is 2.38 bits per heavy atom. The van der Waals surface area contributed by atoms with Crippen molar-refractivity contribution in [3.8, 4) is 0 Å². The zero-order valence-corrected chi connectivity index (χ0v) is 23.3. The van der Waals surface area contributed by atoms with E-state index in [1.807, 2.05) is 38.2 Å². The number of carbonyl (C=O) groups excluding carboxylic acids is 2. The summed E-state index contributed by atoms with van der Waals surface area (Å²) in [6, 6.07) is 0. The average Bonchev–Trinajstić information content (AvgIpc) is 3.62. The number of rotatable bonds is 2. The first-order chi connectivity index (χ1) is 19.1. The predicted molar refractivity (Wildman–Crippen MR) is 156 cm³/mol. The lowest BCUT2D eigenvalue weighted by molar-refractivity contribution is -0.142. The highest BCUT2D eigenvalue weighted by Crippen LogP contribution is 2.51. The lowest BCUT2D eigenvalue weighted by Crippen LogP contribution is -2.44. The van der Waals surface area contributed by atoms with Gasteiger partial charge in [0.1, 0.15) is 0 Å². The van der Waals surface area contributed by atoms with E-state index in [1.165, 1.54) is 0 Å². The van der Waals surface area contributed by atoms with Gasteiger partial charge < -0.3 is 5.11 Å². The highest BCUT2D eigenvalue weighted by atomic mass is 16.3. The molecule has 7 heteroatoms. The molecule has 5 heterocycles. The van der Waals surface area contributed by atoms with Crippen molar-refractivity contribution in [2.45, 2.75) is 59.5 Å². The Labute approximate surface area is 233 Å². The molecule has 0 aromatic heterocycles. The van der Waals surface area contributed by atoms with E-state index in [4.69, 9.17) is 20.0 Å². The summed E-state index contributed by atoms with van der Waals surface area (Å²) in [6.07, 6.45) is 9.14. The first kappa shape index (κ1) is 24.9. The van der Waals surface area contributed by atoms with Crippen molar-refractivity contribution in [1.82, 2.24) is 0 Å². The number of nitrogens with zero attached hydrogens (tertiary/aromatic N) is 4. The zero-order chi connectivity index (χ0) is 28.2. The molecular formula is C33H30N4O3. The molecule has 0 saturated heterocycles. The second kappa shape index (κ2) is 8.21. The van der Waals surface area contributed by atoms with Gasteiger partial charge in [0.15, 0.2) is 5.78 Å². The van der Waals surface area contributed by atoms with E-state index in [1.54, 1.807) is 0 Å². The number of hydrogen-bond donors (Lipinski definition) is 1. The molecule has 7 aliphatic rings. The van der Waals surface area contributed by atoms with Gasteiger partial charge >= 0.3 is 0 Å². The highest BCUT2D eigenvalue weighted by molar-refractivity contribution is 6.47. The number of ketones is 2. The average molecular weight is 531 g/mol. The van der Waals surface area contributed by atoms with Crippen LogP contribution in [0, 0.1) is 11.8 Å². The Morgan fingerprint density at radius 1 is 0.975 bits per heavy atom. The first-order valence-corrected chi connectivity index (χ1v) is 13.9. The van der Waals surface area contributed by atoms with Crippen molar-refractivity contribution in [1.29, 1.82) is 0 Å². The lowest BCUT2D eigenvalue weighted by Gasteiger charge is -2.20. The molecule has 2 aliphatic carbocycles. The van der Waals surface area contributed by atoms with Crippen molar-refractivity contribution < 1.29 is 14.7 Å². The fourth-order valence-electron chi connectivity index (χ4n) is 7.07. The maximum atomic E-state index is 13.9. The molecule has 0 aromatic rings. The SMILES string of the molecule is C=CC1=C(C)C2=CC3=NC4=C5C6=NC(=CC7=NC(=CC1=N2)C(C)=C7CC)C(C)=C6C(=O)[C@]5(O)C(=O)CC[C@H]4[C@@H]3C. The number of aliphatic imine (C=N–C) groups is 4. The van der Waals surface area contributed by atoms with Crippen molar-refractivity contribution in [3.63, 3.8) is 0 Å². The third-order valence-electron chi connectivity index (χ3n) is 9.48. The van der Waals surface area contributed by atoms with Crippen LogP contribution in [-0.4, -0.2) is 45.1 Å². The van der Waals surface area contributed by atoms with Crippen LogP contribution in [0.2, 0.25) is 0 Å². The molecule has 1 saturated carbocycles. The molecule has 7 nitrogen and oxygen atoms in total. The van der Waals surface area contributed by atoms with Crippen LogP contribution in [-0.2, 0) is 9.59 Å². The van der Waals surface area contributed by atoms with E-state index in [0.29, 0.717) is 34.7 Å². The van der Waals surface area contributed by atoms with Gasteiger partial charge in [-0.1, -0.05) is 26.5 Å². The molecule has 3 atom stereocenters. The number of aliphatic hydroxyl groups is 1. The molecule has 1 N–H and O–H groups in total. The molecule has 0 radical (unpaired) electrons. The van der Waals surface area contributed by atoms with E-state index in [2.05, 4.69) is 27.4 Å². The van der Waals surface area contributed by atoms with Crippen LogP contribution >= 0.6 is 0 Å². The van der Waals surface area contributed by atoms with Crippen LogP contribution in [0.15, 0.2) is 113 Å². The summed E-state index contributed by atoms with van der Waals surface area (Å²) >= 11 is 0. The Hall–Kier alpha value is -4.10. The highest BCUT2D eigenvalue weighted by Gasteiger charge is 2.61. The van der Waals surface area contributed by atoms with Crippen LogP contribution in [0.25, 0.3) is 0 Å². The summed E-state index contributed by atoms with van der Waals surface area (Å²) in [5, 5.41) is 11.8. The smallest absolute Gasteiger partial charge is 0.215 e. The Kier molecular flexibility index (Phi) is 5.11. The summed E-state index contributed by atoms with van der Waals surface area (Å²) in [6.45, 7) is 14.1. The minimum atomic E-state index is -2.25. The van der Waals surface area contributed by atoms with Crippen LogP contribution in [0.1, 0.15) is 53.9 Å². The molecule has 5 aliphatic heterocycles. The molecular weight excluding hydrogens is 500 g/mol. The largest absolute Gasteiger partial charge is 0.371 e. The van der Waals surface area contributed by atoms with Gasteiger partial charge in [-0.25, -0.2) is 15.0 Å². The van der Waals surface area contributed by atoms with E-state index >= 15 is 0 Å². The molecule has 0 amide bonds. The summed E-state index contributed by atoms with van der Waals surface area (Å²) in [7, 11) is 0. The van der Waals surface area contributed by atoms with Crippen molar-refractivity contribution in [2.75, 3.05) is 0 Å². The quantitative estimate of drug-likeness (QED) is 0.496. The van der Waals surface area contributed by atoms with Gasteiger partial charge in [-0.3, -0.25) is 14.6 Å². The van der Waals surface area contributed by atoms with Gasteiger partial charge in [0.05, 0.1) is 45.5 Å². The van der Waals surface area contributed by atoms with E-state index in [-0.39, 0.29) is 23.8 Å². The van der Waals surface area contributed by atoms with Gasteiger partial charge in [0.2, 0.25) is 11.4 Å². The van der Waals surface area contributed by atoms with Gasteiger partial charge in [0.25, 0.3) is 0 Å². The van der Waals surface area contributed by atoms with Crippen molar-refractivity contribution in [3.05, 3.63) is 92.7 Å². The first-order valence-electron chi connectivity index (χ1n) is 13.9. The minimum absolute atomic E-state index is 0.0291. The Balaban J connectivity index is 1.58. The van der Waals surface area contributed by atoms with Crippen molar-refractivity contribution >= 4 is 34.4 Å². The number of hydrogen-bond acceptors (Lipinski definition) is 7. The van der Waals surface area contributed by atoms with E-state index in [0.717, 1.165) is 57.2 Å². The summed E-state index contributed by atoms with van der Waals surface area (Å²) in [5.41, 5.74) is 8.72. The Bertz CT molecular complexity index is 1780. The zero-order valence-electron chi connectivity index (χ0n) is 23.3. The second-order valence-corrected chi connectivity index (χ2v) is 11.4. The van der Waals surface area contributed by atoms with Gasteiger partial charge in [-0.2, -0.15) is 0 Å².